The average Bonchev–Trinajstić information content (AvgIpc) is 2.45. The molecule has 1 saturated carbocycles. The SMILES string of the molecule is CC1CCCCC1CNc1nc(C(F)(F)F)ccc1C#N. The minimum atomic E-state index is -4.50. The molecule has 0 amide bonds. The number of pyridine rings is 1. The molecule has 2 atom stereocenters. The van der Waals surface area contributed by atoms with Gasteiger partial charge in [-0.2, -0.15) is 18.4 Å². The zero-order chi connectivity index (χ0) is 15.5. The van der Waals surface area contributed by atoms with Gasteiger partial charge in [-0.3, -0.25) is 0 Å². The van der Waals surface area contributed by atoms with Crippen LogP contribution in [-0.4, -0.2) is 11.5 Å². The Balaban J connectivity index is 2.12. The molecule has 0 spiro atoms. The van der Waals surface area contributed by atoms with Crippen LogP contribution in [0, 0.1) is 23.2 Å². The molecule has 21 heavy (non-hydrogen) atoms. The van der Waals surface area contributed by atoms with E-state index in [0.717, 1.165) is 25.3 Å². The van der Waals surface area contributed by atoms with Crippen molar-refractivity contribution in [1.29, 1.82) is 5.26 Å². The molecule has 114 valence electrons. The summed E-state index contributed by atoms with van der Waals surface area (Å²) in [5.74, 6) is 0.995. The van der Waals surface area contributed by atoms with Crippen LogP contribution in [0.15, 0.2) is 12.1 Å². The van der Waals surface area contributed by atoms with Crippen molar-refractivity contribution in [3.05, 3.63) is 23.4 Å². The van der Waals surface area contributed by atoms with Crippen molar-refractivity contribution in [2.45, 2.75) is 38.8 Å². The van der Waals surface area contributed by atoms with Crippen molar-refractivity contribution in [3.63, 3.8) is 0 Å². The Hall–Kier alpha value is -1.77. The van der Waals surface area contributed by atoms with Crippen molar-refractivity contribution >= 4 is 5.82 Å². The van der Waals surface area contributed by atoms with Crippen molar-refractivity contribution in [1.82, 2.24) is 4.98 Å². The summed E-state index contributed by atoms with van der Waals surface area (Å²) in [7, 11) is 0. The molecule has 2 unspecified atom stereocenters. The highest BCUT2D eigenvalue weighted by molar-refractivity contribution is 5.52. The monoisotopic (exact) mass is 297 g/mol. The van der Waals surface area contributed by atoms with Crippen LogP contribution in [-0.2, 0) is 6.18 Å². The molecule has 0 bridgehead atoms. The second kappa shape index (κ2) is 6.33. The van der Waals surface area contributed by atoms with Crippen LogP contribution in [0.4, 0.5) is 19.0 Å². The molecule has 1 aromatic heterocycles. The van der Waals surface area contributed by atoms with Crippen LogP contribution in [0.3, 0.4) is 0 Å². The quantitative estimate of drug-likeness (QED) is 0.909. The molecule has 1 fully saturated rings. The lowest BCUT2D eigenvalue weighted by Crippen LogP contribution is -2.25. The van der Waals surface area contributed by atoms with Crippen molar-refractivity contribution in [2.75, 3.05) is 11.9 Å². The van der Waals surface area contributed by atoms with Gasteiger partial charge >= 0.3 is 6.18 Å². The summed E-state index contributed by atoms with van der Waals surface area (Å²) in [4.78, 5) is 3.57. The molecule has 1 aliphatic carbocycles. The van der Waals surface area contributed by atoms with E-state index in [1.54, 1.807) is 0 Å². The highest BCUT2D eigenvalue weighted by Gasteiger charge is 2.33. The van der Waals surface area contributed by atoms with E-state index in [4.69, 9.17) is 5.26 Å². The van der Waals surface area contributed by atoms with Gasteiger partial charge in [-0.25, -0.2) is 4.98 Å². The first-order valence-electron chi connectivity index (χ1n) is 7.14. The van der Waals surface area contributed by atoms with Gasteiger partial charge in [0.25, 0.3) is 0 Å². The Morgan fingerprint density at radius 2 is 2.05 bits per heavy atom. The number of rotatable bonds is 3. The van der Waals surface area contributed by atoms with Crippen LogP contribution < -0.4 is 5.32 Å². The predicted octanol–water partition coefficient (Wildman–Crippen LogP) is 4.21. The van der Waals surface area contributed by atoms with Crippen molar-refractivity contribution < 1.29 is 13.2 Å². The number of anilines is 1. The Morgan fingerprint density at radius 1 is 1.33 bits per heavy atom. The summed E-state index contributed by atoms with van der Waals surface area (Å²) in [6.07, 6.45) is 0.0752. The second-order valence-electron chi connectivity index (χ2n) is 5.60. The number of aromatic nitrogens is 1. The fourth-order valence-corrected chi connectivity index (χ4v) is 2.77. The summed E-state index contributed by atoms with van der Waals surface area (Å²) in [5, 5.41) is 11.9. The fourth-order valence-electron chi connectivity index (χ4n) is 2.77. The summed E-state index contributed by atoms with van der Waals surface area (Å²) >= 11 is 0. The minimum absolute atomic E-state index is 0.0325. The molecule has 1 heterocycles. The second-order valence-corrected chi connectivity index (χ2v) is 5.60. The number of halogens is 3. The first-order valence-corrected chi connectivity index (χ1v) is 7.14. The Bertz CT molecular complexity index is 534. The van der Waals surface area contributed by atoms with Gasteiger partial charge in [-0.1, -0.05) is 26.2 Å². The molecule has 0 radical (unpaired) electrons. The standard InChI is InChI=1S/C15H18F3N3/c1-10-4-2-3-5-12(10)9-20-14-11(8-19)6-7-13(21-14)15(16,17)18/h6-7,10,12H,2-5,9H2,1H3,(H,20,21). The largest absolute Gasteiger partial charge is 0.433 e. The van der Waals surface area contributed by atoms with E-state index >= 15 is 0 Å². The molecule has 0 aliphatic heterocycles. The first-order chi connectivity index (χ1) is 9.91. The lowest BCUT2D eigenvalue weighted by atomic mass is 9.80. The van der Waals surface area contributed by atoms with E-state index in [0.29, 0.717) is 18.4 Å². The van der Waals surface area contributed by atoms with E-state index < -0.39 is 11.9 Å². The lowest BCUT2D eigenvalue weighted by molar-refractivity contribution is -0.141. The maximum Gasteiger partial charge on any atom is 0.433 e. The summed E-state index contributed by atoms with van der Waals surface area (Å²) in [6, 6.07) is 3.89. The third-order valence-electron chi connectivity index (χ3n) is 4.13. The number of nitrogens with zero attached hydrogens (tertiary/aromatic N) is 2. The van der Waals surface area contributed by atoms with Gasteiger partial charge in [0.2, 0.25) is 0 Å². The molecule has 0 saturated heterocycles. The van der Waals surface area contributed by atoms with Crippen LogP contribution in [0.1, 0.15) is 43.9 Å². The predicted molar refractivity (Wildman–Crippen MR) is 73.6 cm³/mol. The molecule has 0 aromatic carbocycles. The van der Waals surface area contributed by atoms with E-state index in [1.807, 2.05) is 6.07 Å². The van der Waals surface area contributed by atoms with Gasteiger partial charge in [-0.15, -0.1) is 0 Å². The highest BCUT2D eigenvalue weighted by Crippen LogP contribution is 2.31. The molecule has 1 aromatic rings. The van der Waals surface area contributed by atoms with Crippen molar-refractivity contribution in [2.24, 2.45) is 11.8 Å². The van der Waals surface area contributed by atoms with Crippen LogP contribution in [0.5, 0.6) is 0 Å². The number of hydrogen-bond donors (Lipinski definition) is 1. The molecule has 3 nitrogen and oxygen atoms in total. The topological polar surface area (TPSA) is 48.7 Å². The van der Waals surface area contributed by atoms with Gasteiger partial charge in [0.1, 0.15) is 17.6 Å². The zero-order valence-electron chi connectivity index (χ0n) is 11.9. The van der Waals surface area contributed by atoms with Crippen LogP contribution in [0.2, 0.25) is 0 Å². The van der Waals surface area contributed by atoms with Gasteiger partial charge in [0.05, 0.1) is 5.56 Å². The van der Waals surface area contributed by atoms with Gasteiger partial charge < -0.3 is 5.32 Å². The normalized spacial score (nSPS) is 22.6. The van der Waals surface area contributed by atoms with E-state index in [-0.39, 0.29) is 11.4 Å². The number of alkyl halides is 3. The maximum atomic E-state index is 12.7. The molecule has 6 heteroatoms. The van der Waals surface area contributed by atoms with E-state index in [1.165, 1.54) is 12.5 Å². The summed E-state index contributed by atoms with van der Waals surface area (Å²) in [5.41, 5.74) is -0.827. The van der Waals surface area contributed by atoms with Gasteiger partial charge in [0, 0.05) is 6.54 Å². The van der Waals surface area contributed by atoms with E-state index in [2.05, 4.69) is 17.2 Å². The average molecular weight is 297 g/mol. The lowest BCUT2D eigenvalue weighted by Gasteiger charge is -2.29. The Morgan fingerprint density at radius 3 is 2.67 bits per heavy atom. The minimum Gasteiger partial charge on any atom is -0.369 e. The first kappa shape index (κ1) is 15.6. The highest BCUT2D eigenvalue weighted by atomic mass is 19.4. The fraction of sp³-hybridized carbons (Fsp3) is 0.600. The maximum absolute atomic E-state index is 12.7. The molecular formula is C15H18F3N3. The molecular weight excluding hydrogens is 279 g/mol. The van der Waals surface area contributed by atoms with E-state index in [9.17, 15) is 13.2 Å². The smallest absolute Gasteiger partial charge is 0.369 e. The number of nitrogens with one attached hydrogen (secondary N) is 1. The summed E-state index contributed by atoms with van der Waals surface area (Å²) in [6.45, 7) is 2.72. The number of nitriles is 1. The molecule has 1 N–H and O–H groups in total. The zero-order valence-corrected chi connectivity index (χ0v) is 11.9. The molecule has 1 aliphatic rings. The third kappa shape index (κ3) is 3.87. The van der Waals surface area contributed by atoms with Crippen LogP contribution in [0.25, 0.3) is 0 Å². The Kier molecular flexibility index (Phi) is 4.71. The van der Waals surface area contributed by atoms with Gasteiger partial charge in [-0.05, 0) is 30.4 Å². The molecule has 2 rings (SSSR count). The van der Waals surface area contributed by atoms with Crippen LogP contribution >= 0.6 is 0 Å². The Labute approximate surface area is 122 Å². The summed E-state index contributed by atoms with van der Waals surface area (Å²) < 4.78 is 38.1. The number of hydrogen-bond acceptors (Lipinski definition) is 3. The van der Waals surface area contributed by atoms with Gasteiger partial charge in [0.15, 0.2) is 0 Å². The van der Waals surface area contributed by atoms with Crippen molar-refractivity contribution in [3.8, 4) is 6.07 Å². The third-order valence-corrected chi connectivity index (χ3v) is 4.13.